The topological polar surface area (TPSA) is 102 Å². The lowest BCUT2D eigenvalue weighted by Crippen LogP contribution is -2.35. The minimum absolute atomic E-state index is 0.0132. The van der Waals surface area contributed by atoms with Gasteiger partial charge in [0.25, 0.3) is 11.8 Å². The number of methoxy groups -OCH3 is 1. The van der Waals surface area contributed by atoms with Crippen LogP contribution in [0.15, 0.2) is 24.3 Å². The van der Waals surface area contributed by atoms with Crippen molar-refractivity contribution in [3.63, 3.8) is 0 Å². The molecule has 0 aromatic heterocycles. The lowest BCUT2D eigenvalue weighted by Gasteiger charge is -2.11. The Morgan fingerprint density at radius 1 is 1.17 bits per heavy atom. The van der Waals surface area contributed by atoms with Crippen molar-refractivity contribution in [1.29, 1.82) is 0 Å². The highest BCUT2D eigenvalue weighted by molar-refractivity contribution is 7.91. The summed E-state index contributed by atoms with van der Waals surface area (Å²) in [6, 6.07) is 5.93. The van der Waals surface area contributed by atoms with Gasteiger partial charge in [0, 0.05) is 37.4 Å². The van der Waals surface area contributed by atoms with E-state index < -0.39 is 9.84 Å². The van der Waals surface area contributed by atoms with E-state index in [2.05, 4.69) is 10.6 Å². The summed E-state index contributed by atoms with van der Waals surface area (Å²) < 4.78 is 27.7. The van der Waals surface area contributed by atoms with Crippen LogP contribution in [0.2, 0.25) is 0 Å². The molecule has 1 fully saturated rings. The molecule has 132 valence electrons. The molecule has 1 unspecified atom stereocenters. The van der Waals surface area contributed by atoms with Gasteiger partial charge in [-0.25, -0.2) is 8.42 Å². The van der Waals surface area contributed by atoms with Gasteiger partial charge in [-0.1, -0.05) is 0 Å². The Bertz CT molecular complexity index is 685. The Kier molecular flexibility index (Phi) is 6.33. The molecular formula is C16H22N2O5S. The molecule has 7 nitrogen and oxygen atoms in total. The zero-order valence-electron chi connectivity index (χ0n) is 13.6. The maximum atomic E-state index is 12.1. The quantitative estimate of drug-likeness (QED) is 0.689. The monoisotopic (exact) mass is 354 g/mol. The highest BCUT2D eigenvalue weighted by atomic mass is 32.2. The number of nitrogens with one attached hydrogen (secondary N) is 2. The van der Waals surface area contributed by atoms with E-state index in [9.17, 15) is 18.0 Å². The molecule has 2 N–H and O–H groups in total. The maximum Gasteiger partial charge on any atom is 0.251 e. The third-order valence-electron chi connectivity index (χ3n) is 3.79. The van der Waals surface area contributed by atoms with Gasteiger partial charge in [0.15, 0.2) is 9.84 Å². The predicted molar refractivity (Wildman–Crippen MR) is 89.8 cm³/mol. The molecule has 8 heteroatoms. The summed E-state index contributed by atoms with van der Waals surface area (Å²) in [5, 5.41) is 5.48. The minimum Gasteiger partial charge on any atom is -0.385 e. The van der Waals surface area contributed by atoms with E-state index >= 15 is 0 Å². The van der Waals surface area contributed by atoms with Crippen molar-refractivity contribution >= 4 is 21.7 Å². The highest BCUT2D eigenvalue weighted by Gasteiger charge is 2.29. The third kappa shape index (κ3) is 5.31. The number of carbonyl (C=O) groups excluding carboxylic acids is 2. The summed E-state index contributed by atoms with van der Waals surface area (Å²) in [5.41, 5.74) is 0.864. The Labute approximate surface area is 141 Å². The summed E-state index contributed by atoms with van der Waals surface area (Å²) in [6.45, 7) is 1.10. The molecule has 1 heterocycles. The number of ether oxygens (including phenoxy) is 1. The average Bonchev–Trinajstić information content (AvgIpc) is 2.90. The van der Waals surface area contributed by atoms with Crippen LogP contribution in [0.3, 0.4) is 0 Å². The summed E-state index contributed by atoms with van der Waals surface area (Å²) in [6.07, 6.45) is 1.17. The van der Waals surface area contributed by atoms with Gasteiger partial charge in [-0.05, 0) is 37.1 Å². The Balaban J connectivity index is 1.87. The van der Waals surface area contributed by atoms with Gasteiger partial charge < -0.3 is 15.4 Å². The zero-order chi connectivity index (χ0) is 17.6. The molecule has 1 aromatic carbocycles. The van der Waals surface area contributed by atoms with Gasteiger partial charge in [-0.15, -0.1) is 0 Å². The van der Waals surface area contributed by atoms with E-state index in [-0.39, 0.29) is 29.4 Å². The van der Waals surface area contributed by atoms with Crippen molar-refractivity contribution in [2.24, 2.45) is 0 Å². The third-order valence-corrected chi connectivity index (χ3v) is 5.56. The molecular weight excluding hydrogens is 332 g/mol. The molecule has 0 spiro atoms. The fourth-order valence-electron chi connectivity index (χ4n) is 2.47. The summed E-state index contributed by atoms with van der Waals surface area (Å²) >= 11 is 0. The molecule has 0 radical (unpaired) electrons. The normalized spacial score (nSPS) is 19.0. The first-order valence-corrected chi connectivity index (χ1v) is 9.62. The van der Waals surface area contributed by atoms with Crippen molar-refractivity contribution in [2.45, 2.75) is 18.9 Å². The number of sulfone groups is 1. The van der Waals surface area contributed by atoms with Gasteiger partial charge in [0.05, 0.1) is 11.5 Å². The second-order valence-electron chi connectivity index (χ2n) is 5.75. The maximum absolute atomic E-state index is 12.1. The SMILES string of the molecule is COCCCNC(=O)c1ccc(C(=O)NC2CCS(=O)(=O)C2)cc1. The van der Waals surface area contributed by atoms with Crippen molar-refractivity contribution in [2.75, 3.05) is 31.8 Å². The number of hydrogen-bond donors (Lipinski definition) is 2. The molecule has 1 aromatic rings. The molecule has 1 aliphatic rings. The molecule has 2 rings (SSSR count). The van der Waals surface area contributed by atoms with Crippen molar-refractivity contribution in [1.82, 2.24) is 10.6 Å². The summed E-state index contributed by atoms with van der Waals surface area (Å²) in [4.78, 5) is 24.0. The highest BCUT2D eigenvalue weighted by Crippen LogP contribution is 2.12. The number of rotatable bonds is 7. The molecule has 1 atom stereocenters. The first-order valence-electron chi connectivity index (χ1n) is 7.80. The van der Waals surface area contributed by atoms with Crippen LogP contribution in [0, 0.1) is 0 Å². The second kappa shape index (κ2) is 8.25. The number of amides is 2. The predicted octanol–water partition coefficient (Wildman–Crippen LogP) is 0.370. The van der Waals surface area contributed by atoms with Gasteiger partial charge in [-0.3, -0.25) is 9.59 Å². The van der Waals surface area contributed by atoms with E-state index in [0.29, 0.717) is 30.7 Å². The minimum atomic E-state index is -3.03. The lowest BCUT2D eigenvalue weighted by atomic mass is 10.1. The van der Waals surface area contributed by atoms with Gasteiger partial charge >= 0.3 is 0 Å². The first kappa shape index (κ1) is 18.4. The van der Waals surface area contributed by atoms with Crippen molar-refractivity contribution < 1.29 is 22.7 Å². The Morgan fingerprint density at radius 3 is 2.33 bits per heavy atom. The largest absolute Gasteiger partial charge is 0.385 e. The number of benzene rings is 1. The van der Waals surface area contributed by atoms with Crippen LogP contribution in [0.5, 0.6) is 0 Å². The van der Waals surface area contributed by atoms with E-state index in [1.807, 2.05) is 0 Å². The van der Waals surface area contributed by atoms with Crippen LogP contribution in [0.25, 0.3) is 0 Å². The average molecular weight is 354 g/mol. The Morgan fingerprint density at radius 2 is 1.79 bits per heavy atom. The first-order chi connectivity index (χ1) is 11.4. The second-order valence-corrected chi connectivity index (χ2v) is 7.98. The van der Waals surface area contributed by atoms with Crippen LogP contribution >= 0.6 is 0 Å². The van der Waals surface area contributed by atoms with Crippen LogP contribution in [-0.4, -0.2) is 58.0 Å². The van der Waals surface area contributed by atoms with E-state index in [1.165, 1.54) is 0 Å². The van der Waals surface area contributed by atoms with Crippen molar-refractivity contribution in [3.8, 4) is 0 Å². The summed E-state index contributed by atoms with van der Waals surface area (Å²) in [5.74, 6) is -0.440. The van der Waals surface area contributed by atoms with Gasteiger partial charge in [0.2, 0.25) is 0 Å². The fraction of sp³-hybridized carbons (Fsp3) is 0.500. The molecule has 1 aliphatic heterocycles. The van der Waals surface area contributed by atoms with Crippen molar-refractivity contribution in [3.05, 3.63) is 35.4 Å². The molecule has 0 saturated carbocycles. The van der Waals surface area contributed by atoms with Gasteiger partial charge in [-0.2, -0.15) is 0 Å². The molecule has 0 aliphatic carbocycles. The van der Waals surface area contributed by atoms with Gasteiger partial charge in [0.1, 0.15) is 0 Å². The molecule has 24 heavy (non-hydrogen) atoms. The van der Waals surface area contributed by atoms with Crippen LogP contribution in [0.4, 0.5) is 0 Å². The van der Waals surface area contributed by atoms with E-state index in [4.69, 9.17) is 4.74 Å². The fourth-order valence-corrected chi connectivity index (χ4v) is 4.14. The van der Waals surface area contributed by atoms with Crippen LogP contribution < -0.4 is 10.6 Å². The van der Waals surface area contributed by atoms with E-state index in [1.54, 1.807) is 31.4 Å². The molecule has 1 saturated heterocycles. The smallest absolute Gasteiger partial charge is 0.251 e. The summed E-state index contributed by atoms with van der Waals surface area (Å²) in [7, 11) is -1.43. The number of carbonyl (C=O) groups is 2. The zero-order valence-corrected chi connectivity index (χ0v) is 14.4. The van der Waals surface area contributed by atoms with E-state index in [0.717, 1.165) is 6.42 Å². The molecule has 0 bridgehead atoms. The Hall–Kier alpha value is -1.93. The van der Waals surface area contributed by atoms with Crippen LogP contribution in [-0.2, 0) is 14.6 Å². The standard InChI is InChI=1S/C16H22N2O5S/c1-23-9-2-8-17-15(19)12-3-5-13(6-4-12)16(20)18-14-7-10-24(21,22)11-14/h3-6,14H,2,7-11H2,1H3,(H,17,19)(H,18,20). The van der Waals surface area contributed by atoms with Crippen LogP contribution in [0.1, 0.15) is 33.6 Å². The lowest BCUT2D eigenvalue weighted by molar-refractivity contribution is 0.0932. The molecule has 2 amide bonds. The number of hydrogen-bond acceptors (Lipinski definition) is 5.